The Labute approximate surface area is 67.6 Å². The van der Waals surface area contributed by atoms with E-state index in [-0.39, 0.29) is 68.0 Å². The van der Waals surface area contributed by atoms with Gasteiger partial charge in [0.25, 0.3) is 0 Å². The van der Waals surface area contributed by atoms with E-state index in [9.17, 15) is 0 Å². The minimum Gasteiger partial charge on any atom is -1.00 e. The zero-order valence-corrected chi connectivity index (χ0v) is 8.51. The summed E-state index contributed by atoms with van der Waals surface area (Å²) in [5, 5.41) is 0. The van der Waals surface area contributed by atoms with Crippen molar-refractivity contribution in [3.05, 3.63) is 0 Å². The van der Waals surface area contributed by atoms with Crippen molar-refractivity contribution in [2.24, 2.45) is 0 Å². The molecular weight excluding hydrogens is 232 g/mol. The molecule has 0 aliphatic heterocycles. The van der Waals surface area contributed by atoms with Crippen LogP contribution in [0.3, 0.4) is 0 Å². The monoisotopic (exact) mass is 236 g/mol. The van der Waals surface area contributed by atoms with Gasteiger partial charge in [-0.25, -0.2) is 0 Å². The first-order chi connectivity index (χ1) is 0. The van der Waals surface area contributed by atoms with E-state index in [1.54, 1.807) is 0 Å². The maximum atomic E-state index is 0. The molecule has 0 aromatic heterocycles. The van der Waals surface area contributed by atoms with Gasteiger partial charge in [-0.2, -0.15) is 0 Å². The van der Waals surface area contributed by atoms with Crippen molar-refractivity contribution in [2.75, 3.05) is 0 Å². The van der Waals surface area contributed by atoms with Crippen molar-refractivity contribution in [3.8, 4) is 0 Å². The van der Waals surface area contributed by atoms with Crippen LogP contribution in [0.2, 0.25) is 0 Å². The molecule has 0 saturated carbocycles. The van der Waals surface area contributed by atoms with Gasteiger partial charge in [-0.05, 0) is 0 Å². The molecule has 0 unspecified atom stereocenters. The second-order valence-electron chi connectivity index (χ2n) is 0. The summed E-state index contributed by atoms with van der Waals surface area (Å²) in [6.45, 7) is 0. The molecule has 0 atom stereocenters. The first-order valence-corrected chi connectivity index (χ1v) is 0. The summed E-state index contributed by atoms with van der Waals surface area (Å²) in [5.74, 6) is 0. The Morgan fingerprint density at radius 3 is 1.00 bits per heavy atom. The first kappa shape index (κ1) is 77.2. The zero-order chi connectivity index (χ0) is 0. The second kappa shape index (κ2) is 44.5. The molecular formula is H3CdClCrO2+3. The van der Waals surface area contributed by atoms with E-state index in [2.05, 4.69) is 0 Å². The van der Waals surface area contributed by atoms with Gasteiger partial charge < -0.3 is 23.4 Å². The predicted molar refractivity (Wildman–Crippen MR) is 5.55 cm³/mol. The second-order valence-corrected chi connectivity index (χ2v) is 0. The molecule has 0 amide bonds. The van der Waals surface area contributed by atoms with Gasteiger partial charge in [0.15, 0.2) is 0 Å². The number of rotatable bonds is 0. The minimum absolute atomic E-state index is 0. The molecule has 0 fully saturated rings. The molecule has 0 spiro atoms. The quantitative estimate of drug-likeness (QED) is 0.394. The number of hydrogen-bond donors (Lipinski definition) is 0. The van der Waals surface area contributed by atoms with Crippen LogP contribution in [0.4, 0.5) is 0 Å². The van der Waals surface area contributed by atoms with E-state index < -0.39 is 0 Å². The summed E-state index contributed by atoms with van der Waals surface area (Å²) in [6, 6.07) is 0. The molecule has 1 radical (unpaired) electrons. The van der Waals surface area contributed by atoms with Crippen LogP contribution in [0.25, 0.3) is 0 Å². The molecule has 5 heteroatoms. The van der Waals surface area contributed by atoms with E-state index in [0.717, 1.165) is 0 Å². The van der Waals surface area contributed by atoms with Crippen LogP contribution >= 0.6 is 0 Å². The fraction of sp³-hybridized carbons (Fsp3) is 0. The van der Waals surface area contributed by atoms with Crippen LogP contribution in [0.15, 0.2) is 0 Å². The summed E-state index contributed by atoms with van der Waals surface area (Å²) >= 11 is 0. The molecule has 3 N–H and O–H groups in total. The van der Waals surface area contributed by atoms with Crippen LogP contribution in [-0.2, 0) is 44.7 Å². The van der Waals surface area contributed by atoms with Crippen LogP contribution in [0.5, 0.6) is 0 Å². The van der Waals surface area contributed by atoms with Crippen LogP contribution in [0, 0.1) is 0 Å². The van der Waals surface area contributed by atoms with Crippen molar-refractivity contribution >= 4 is 0 Å². The maximum absolute atomic E-state index is 0. The number of halogens is 1. The average molecular weight is 235 g/mol. The molecule has 5 heavy (non-hydrogen) atoms. The minimum atomic E-state index is 0. The molecule has 27 valence electrons. The van der Waals surface area contributed by atoms with Crippen LogP contribution in [-0.4, -0.2) is 11.0 Å². The van der Waals surface area contributed by atoms with Crippen molar-refractivity contribution in [2.45, 2.75) is 0 Å². The Hall–Kier alpha value is 1.66. The van der Waals surface area contributed by atoms with Gasteiger partial charge in [0.05, 0.1) is 0 Å². The van der Waals surface area contributed by atoms with Gasteiger partial charge in [-0.3, -0.25) is 0 Å². The average Bonchev–Trinajstić information content (AvgIpc) is 0. The van der Waals surface area contributed by atoms with Crippen LogP contribution < -0.4 is 12.4 Å². The molecule has 0 aromatic rings. The van der Waals surface area contributed by atoms with Gasteiger partial charge in [0.2, 0.25) is 0 Å². The molecule has 0 aromatic carbocycles. The normalized spacial score (nSPS) is 0. The Morgan fingerprint density at radius 1 is 1.00 bits per heavy atom. The third kappa shape index (κ3) is 27.5. The molecule has 0 bridgehead atoms. The Balaban J connectivity index is 0. The van der Waals surface area contributed by atoms with E-state index in [4.69, 9.17) is 0 Å². The SMILES string of the molecule is O.[Cd+2].[Cl-].[Cr+3].[OH-]. The largest absolute Gasteiger partial charge is 3.00 e. The predicted octanol–water partition coefficient (Wildman–Crippen LogP) is -4.00. The summed E-state index contributed by atoms with van der Waals surface area (Å²) < 4.78 is 0. The first-order valence-electron chi connectivity index (χ1n) is 0. The van der Waals surface area contributed by atoms with Gasteiger partial charge in [-0.15, -0.1) is 0 Å². The Morgan fingerprint density at radius 2 is 1.00 bits per heavy atom. The molecule has 2 nitrogen and oxygen atoms in total. The molecule has 0 heterocycles. The standard InChI is InChI=1S/Cd.ClH.Cr.2H2O/h;1H;;2*1H2/q+2;;+3;;/p-2. The van der Waals surface area contributed by atoms with E-state index >= 15 is 0 Å². The van der Waals surface area contributed by atoms with Crippen molar-refractivity contribution in [1.82, 2.24) is 0 Å². The topological polar surface area (TPSA) is 61.5 Å². The van der Waals surface area contributed by atoms with Crippen LogP contribution in [0.1, 0.15) is 0 Å². The zero-order valence-electron chi connectivity index (χ0n) is 2.44. The van der Waals surface area contributed by atoms with Crippen molar-refractivity contribution < 1.29 is 68.0 Å². The van der Waals surface area contributed by atoms with Gasteiger partial charge >= 0.3 is 44.7 Å². The van der Waals surface area contributed by atoms with Crippen molar-refractivity contribution in [1.29, 1.82) is 0 Å². The molecule has 0 aliphatic carbocycles. The van der Waals surface area contributed by atoms with Gasteiger partial charge in [0.1, 0.15) is 0 Å². The summed E-state index contributed by atoms with van der Waals surface area (Å²) in [7, 11) is 0. The summed E-state index contributed by atoms with van der Waals surface area (Å²) in [5.41, 5.74) is 0. The fourth-order valence-corrected chi connectivity index (χ4v) is 0. The fourth-order valence-electron chi connectivity index (χ4n) is 0. The molecule has 0 rings (SSSR count). The van der Waals surface area contributed by atoms with Gasteiger partial charge in [-0.1, -0.05) is 0 Å². The smallest absolute Gasteiger partial charge is 1.00 e. The van der Waals surface area contributed by atoms with E-state index in [1.165, 1.54) is 0 Å². The summed E-state index contributed by atoms with van der Waals surface area (Å²) in [4.78, 5) is 0. The third-order valence-corrected chi connectivity index (χ3v) is 0. The van der Waals surface area contributed by atoms with E-state index in [1.807, 2.05) is 0 Å². The van der Waals surface area contributed by atoms with Gasteiger partial charge in [0, 0.05) is 0 Å². The number of hydrogen-bond acceptors (Lipinski definition) is 1. The van der Waals surface area contributed by atoms with E-state index in [0.29, 0.717) is 0 Å². The Bertz CT molecular complexity index is 9.61. The van der Waals surface area contributed by atoms with Crippen molar-refractivity contribution in [3.63, 3.8) is 0 Å². The third-order valence-electron chi connectivity index (χ3n) is 0. The Kier molecular flexibility index (Phi) is 687. The molecule has 0 saturated heterocycles. The maximum Gasteiger partial charge on any atom is 3.00 e. The molecule has 0 aliphatic rings. The summed E-state index contributed by atoms with van der Waals surface area (Å²) in [6.07, 6.45) is 0.